The average molecular weight is 247 g/mol. The maximum atomic E-state index is 3.60. The SMILES string of the molecule is CCNC(CCc1cc(C)c(C)cc1C)C(C)C. The minimum Gasteiger partial charge on any atom is -0.314 e. The molecule has 0 saturated carbocycles. The second-order valence-corrected chi connectivity index (χ2v) is 5.81. The molecule has 18 heavy (non-hydrogen) atoms. The normalized spacial score (nSPS) is 13.1. The maximum Gasteiger partial charge on any atom is 0.00931 e. The summed E-state index contributed by atoms with van der Waals surface area (Å²) in [5.41, 5.74) is 5.78. The number of benzene rings is 1. The van der Waals surface area contributed by atoms with E-state index in [9.17, 15) is 0 Å². The van der Waals surface area contributed by atoms with E-state index in [4.69, 9.17) is 0 Å². The highest BCUT2D eigenvalue weighted by atomic mass is 14.9. The predicted molar refractivity (Wildman–Crippen MR) is 81.3 cm³/mol. The van der Waals surface area contributed by atoms with Crippen molar-refractivity contribution in [2.24, 2.45) is 5.92 Å². The highest BCUT2D eigenvalue weighted by molar-refractivity contribution is 5.36. The van der Waals surface area contributed by atoms with Crippen molar-refractivity contribution in [3.8, 4) is 0 Å². The van der Waals surface area contributed by atoms with Gasteiger partial charge in [-0.1, -0.05) is 32.9 Å². The Hall–Kier alpha value is -0.820. The fraction of sp³-hybridized carbons (Fsp3) is 0.647. The van der Waals surface area contributed by atoms with Crippen LogP contribution in [-0.4, -0.2) is 12.6 Å². The molecule has 1 heteroatoms. The lowest BCUT2D eigenvalue weighted by atomic mass is 9.93. The lowest BCUT2D eigenvalue weighted by Crippen LogP contribution is -2.34. The van der Waals surface area contributed by atoms with Gasteiger partial charge >= 0.3 is 0 Å². The summed E-state index contributed by atoms with van der Waals surface area (Å²) in [5, 5.41) is 3.60. The zero-order valence-corrected chi connectivity index (χ0v) is 12.9. The van der Waals surface area contributed by atoms with Crippen LogP contribution in [-0.2, 0) is 6.42 Å². The molecule has 1 rings (SSSR count). The van der Waals surface area contributed by atoms with Crippen LogP contribution in [0.1, 0.15) is 49.4 Å². The summed E-state index contributed by atoms with van der Waals surface area (Å²) < 4.78 is 0. The van der Waals surface area contributed by atoms with Gasteiger partial charge in [0.05, 0.1) is 0 Å². The van der Waals surface area contributed by atoms with Gasteiger partial charge in [0.1, 0.15) is 0 Å². The number of hydrogen-bond donors (Lipinski definition) is 1. The quantitative estimate of drug-likeness (QED) is 0.795. The van der Waals surface area contributed by atoms with Gasteiger partial charge in [-0.05, 0) is 68.3 Å². The molecule has 0 saturated heterocycles. The first-order valence-electron chi connectivity index (χ1n) is 7.25. The van der Waals surface area contributed by atoms with Crippen molar-refractivity contribution in [1.29, 1.82) is 0 Å². The molecule has 1 atom stereocenters. The molecule has 0 heterocycles. The van der Waals surface area contributed by atoms with Crippen molar-refractivity contribution < 1.29 is 0 Å². The largest absolute Gasteiger partial charge is 0.314 e. The van der Waals surface area contributed by atoms with E-state index in [2.05, 4.69) is 59.0 Å². The Balaban J connectivity index is 2.70. The van der Waals surface area contributed by atoms with Gasteiger partial charge in [0, 0.05) is 6.04 Å². The Labute approximate surface area is 113 Å². The van der Waals surface area contributed by atoms with Crippen LogP contribution >= 0.6 is 0 Å². The molecule has 0 aromatic heterocycles. The molecule has 0 fully saturated rings. The summed E-state index contributed by atoms with van der Waals surface area (Å²) >= 11 is 0. The molecule has 1 aromatic carbocycles. The van der Waals surface area contributed by atoms with E-state index in [0.29, 0.717) is 12.0 Å². The molecule has 0 bridgehead atoms. The molecule has 1 unspecified atom stereocenters. The number of hydrogen-bond acceptors (Lipinski definition) is 1. The van der Waals surface area contributed by atoms with Gasteiger partial charge in [-0.3, -0.25) is 0 Å². The number of rotatable bonds is 6. The summed E-state index contributed by atoms with van der Waals surface area (Å²) in [7, 11) is 0. The van der Waals surface area contributed by atoms with Gasteiger partial charge in [-0.15, -0.1) is 0 Å². The van der Waals surface area contributed by atoms with Crippen molar-refractivity contribution in [3.63, 3.8) is 0 Å². The zero-order valence-electron chi connectivity index (χ0n) is 12.9. The van der Waals surface area contributed by atoms with Crippen molar-refractivity contribution in [2.45, 2.75) is 60.4 Å². The lowest BCUT2D eigenvalue weighted by molar-refractivity contribution is 0.385. The summed E-state index contributed by atoms with van der Waals surface area (Å²) in [4.78, 5) is 0. The first-order valence-corrected chi connectivity index (χ1v) is 7.25. The minimum atomic E-state index is 0.635. The summed E-state index contributed by atoms with van der Waals surface area (Å²) in [6, 6.07) is 5.33. The van der Waals surface area contributed by atoms with Crippen LogP contribution in [0.25, 0.3) is 0 Å². The summed E-state index contributed by atoms with van der Waals surface area (Å²) in [6.07, 6.45) is 2.41. The van der Waals surface area contributed by atoms with Crippen molar-refractivity contribution >= 4 is 0 Å². The van der Waals surface area contributed by atoms with Gasteiger partial charge in [0.15, 0.2) is 0 Å². The second-order valence-electron chi connectivity index (χ2n) is 5.81. The third kappa shape index (κ3) is 4.13. The molecule has 0 aliphatic heterocycles. The first-order chi connectivity index (χ1) is 8.45. The molecular weight excluding hydrogens is 218 g/mol. The fourth-order valence-electron chi connectivity index (χ4n) is 2.53. The maximum absolute atomic E-state index is 3.60. The van der Waals surface area contributed by atoms with Crippen LogP contribution < -0.4 is 5.32 Å². The van der Waals surface area contributed by atoms with Crippen LogP contribution in [0.3, 0.4) is 0 Å². The predicted octanol–water partition coefficient (Wildman–Crippen LogP) is 4.18. The molecule has 102 valence electrons. The Kier molecular flexibility index (Phi) is 5.87. The van der Waals surface area contributed by atoms with E-state index >= 15 is 0 Å². The van der Waals surface area contributed by atoms with Crippen molar-refractivity contribution in [2.75, 3.05) is 6.54 Å². The van der Waals surface area contributed by atoms with Gasteiger partial charge in [0.25, 0.3) is 0 Å². The van der Waals surface area contributed by atoms with Crippen molar-refractivity contribution in [1.82, 2.24) is 5.32 Å². The average Bonchev–Trinajstić information content (AvgIpc) is 2.30. The second kappa shape index (κ2) is 6.94. The van der Waals surface area contributed by atoms with E-state index < -0.39 is 0 Å². The standard InChI is InChI=1S/C17H29N/c1-7-18-17(12(2)3)9-8-16-11-14(5)13(4)10-15(16)6/h10-12,17-18H,7-9H2,1-6H3. The fourth-order valence-corrected chi connectivity index (χ4v) is 2.53. The minimum absolute atomic E-state index is 0.635. The van der Waals surface area contributed by atoms with Gasteiger partial charge in [0.2, 0.25) is 0 Å². The zero-order chi connectivity index (χ0) is 13.7. The number of nitrogens with one attached hydrogen (secondary N) is 1. The molecule has 1 nitrogen and oxygen atoms in total. The molecule has 1 N–H and O–H groups in total. The number of aryl methyl sites for hydroxylation is 4. The van der Waals surface area contributed by atoms with Crippen LogP contribution in [0.4, 0.5) is 0 Å². The molecule has 0 radical (unpaired) electrons. The van der Waals surface area contributed by atoms with E-state index in [1.807, 2.05) is 0 Å². The van der Waals surface area contributed by atoms with Crippen LogP contribution in [0, 0.1) is 26.7 Å². The molecule has 0 spiro atoms. The molecule has 0 aliphatic carbocycles. The van der Waals surface area contributed by atoms with E-state index in [1.54, 1.807) is 0 Å². The Bertz CT molecular complexity index is 379. The summed E-state index contributed by atoms with van der Waals surface area (Å²) in [5.74, 6) is 0.705. The van der Waals surface area contributed by atoms with E-state index in [1.165, 1.54) is 35.1 Å². The smallest absolute Gasteiger partial charge is 0.00931 e. The third-order valence-electron chi connectivity index (χ3n) is 3.95. The van der Waals surface area contributed by atoms with Crippen LogP contribution in [0.5, 0.6) is 0 Å². The first kappa shape index (κ1) is 15.2. The van der Waals surface area contributed by atoms with Gasteiger partial charge in [-0.25, -0.2) is 0 Å². The molecule has 0 amide bonds. The highest BCUT2D eigenvalue weighted by Crippen LogP contribution is 2.18. The van der Waals surface area contributed by atoms with E-state index in [0.717, 1.165) is 6.54 Å². The molecule has 0 aliphatic rings. The van der Waals surface area contributed by atoms with Crippen molar-refractivity contribution in [3.05, 3.63) is 34.4 Å². The van der Waals surface area contributed by atoms with E-state index in [-0.39, 0.29) is 0 Å². The third-order valence-corrected chi connectivity index (χ3v) is 3.95. The molecular formula is C17H29N. The monoisotopic (exact) mass is 247 g/mol. The molecule has 1 aromatic rings. The van der Waals surface area contributed by atoms with Crippen LogP contribution in [0.15, 0.2) is 12.1 Å². The lowest BCUT2D eigenvalue weighted by Gasteiger charge is -2.22. The highest BCUT2D eigenvalue weighted by Gasteiger charge is 2.12. The van der Waals surface area contributed by atoms with Gasteiger partial charge in [-0.2, -0.15) is 0 Å². The van der Waals surface area contributed by atoms with Gasteiger partial charge < -0.3 is 5.32 Å². The Morgan fingerprint density at radius 2 is 1.61 bits per heavy atom. The Morgan fingerprint density at radius 3 is 2.17 bits per heavy atom. The van der Waals surface area contributed by atoms with Crippen LogP contribution in [0.2, 0.25) is 0 Å². The Morgan fingerprint density at radius 1 is 1.00 bits per heavy atom. The topological polar surface area (TPSA) is 12.0 Å². The summed E-state index contributed by atoms with van der Waals surface area (Å²) in [6.45, 7) is 14.5.